The first-order valence-electron chi connectivity index (χ1n) is 7.24. The molecule has 0 atom stereocenters. The maximum atomic E-state index is 4.76. The molecule has 100 valence electrons. The topological polar surface area (TPSA) is 41.6 Å². The normalized spacial score (nSPS) is 16.7. The SMILES string of the molecule is Cc1cccc(C)c1-c1n[nH]c(C2CCCCC2)n1. The molecule has 1 heterocycles. The molecular weight excluding hydrogens is 234 g/mol. The van der Waals surface area contributed by atoms with E-state index >= 15 is 0 Å². The van der Waals surface area contributed by atoms with E-state index in [1.54, 1.807) is 0 Å². The maximum absolute atomic E-state index is 4.76. The van der Waals surface area contributed by atoms with Gasteiger partial charge in [-0.2, -0.15) is 5.10 Å². The van der Waals surface area contributed by atoms with Crippen molar-refractivity contribution in [3.8, 4) is 11.4 Å². The number of nitrogens with one attached hydrogen (secondary N) is 1. The zero-order valence-electron chi connectivity index (χ0n) is 11.7. The van der Waals surface area contributed by atoms with E-state index in [2.05, 4.69) is 42.2 Å². The van der Waals surface area contributed by atoms with Gasteiger partial charge in [0.2, 0.25) is 0 Å². The maximum Gasteiger partial charge on any atom is 0.181 e. The van der Waals surface area contributed by atoms with Crippen molar-refractivity contribution in [1.82, 2.24) is 15.2 Å². The van der Waals surface area contributed by atoms with Gasteiger partial charge in [0, 0.05) is 11.5 Å². The Morgan fingerprint density at radius 3 is 2.42 bits per heavy atom. The Balaban J connectivity index is 1.92. The minimum Gasteiger partial charge on any atom is -0.262 e. The molecule has 19 heavy (non-hydrogen) atoms. The monoisotopic (exact) mass is 255 g/mol. The molecule has 1 aromatic carbocycles. The van der Waals surface area contributed by atoms with Crippen LogP contribution >= 0.6 is 0 Å². The van der Waals surface area contributed by atoms with E-state index in [1.165, 1.54) is 48.8 Å². The number of rotatable bonds is 2. The van der Waals surface area contributed by atoms with Gasteiger partial charge in [-0.05, 0) is 37.8 Å². The molecule has 0 bridgehead atoms. The van der Waals surface area contributed by atoms with Crippen LogP contribution in [0.2, 0.25) is 0 Å². The van der Waals surface area contributed by atoms with Crippen LogP contribution in [-0.2, 0) is 0 Å². The molecule has 0 unspecified atom stereocenters. The number of H-pyrrole nitrogens is 1. The molecule has 1 fully saturated rings. The highest BCUT2D eigenvalue weighted by molar-refractivity contribution is 5.64. The Kier molecular flexibility index (Phi) is 3.36. The first-order valence-corrected chi connectivity index (χ1v) is 7.24. The number of nitrogens with zero attached hydrogens (tertiary/aromatic N) is 2. The summed E-state index contributed by atoms with van der Waals surface area (Å²) in [6, 6.07) is 6.33. The zero-order chi connectivity index (χ0) is 13.2. The number of benzene rings is 1. The van der Waals surface area contributed by atoms with E-state index in [0.717, 1.165) is 11.6 Å². The highest BCUT2D eigenvalue weighted by Gasteiger charge is 2.20. The highest BCUT2D eigenvalue weighted by atomic mass is 15.2. The summed E-state index contributed by atoms with van der Waals surface area (Å²) in [5, 5.41) is 7.61. The van der Waals surface area contributed by atoms with Crippen LogP contribution in [0.25, 0.3) is 11.4 Å². The molecule has 1 aromatic heterocycles. The molecule has 3 rings (SSSR count). The molecule has 0 spiro atoms. The Hall–Kier alpha value is -1.64. The second kappa shape index (κ2) is 5.16. The third-order valence-electron chi connectivity index (χ3n) is 4.20. The molecule has 1 saturated carbocycles. The number of hydrogen-bond acceptors (Lipinski definition) is 2. The summed E-state index contributed by atoms with van der Waals surface area (Å²) in [5.74, 6) is 2.52. The number of aromatic amines is 1. The second-order valence-electron chi connectivity index (χ2n) is 5.65. The average Bonchev–Trinajstić information content (AvgIpc) is 2.89. The van der Waals surface area contributed by atoms with Crippen molar-refractivity contribution in [2.75, 3.05) is 0 Å². The molecule has 3 heteroatoms. The van der Waals surface area contributed by atoms with Crippen molar-refractivity contribution in [3.05, 3.63) is 35.2 Å². The van der Waals surface area contributed by atoms with Crippen molar-refractivity contribution >= 4 is 0 Å². The van der Waals surface area contributed by atoms with Gasteiger partial charge in [0.05, 0.1) is 0 Å². The lowest BCUT2D eigenvalue weighted by atomic mass is 9.89. The van der Waals surface area contributed by atoms with Crippen LogP contribution in [0.4, 0.5) is 0 Å². The second-order valence-corrected chi connectivity index (χ2v) is 5.65. The zero-order valence-corrected chi connectivity index (χ0v) is 11.7. The Morgan fingerprint density at radius 1 is 1.05 bits per heavy atom. The fourth-order valence-electron chi connectivity index (χ4n) is 3.11. The Labute approximate surface area is 114 Å². The summed E-state index contributed by atoms with van der Waals surface area (Å²) in [6.07, 6.45) is 6.52. The van der Waals surface area contributed by atoms with Gasteiger partial charge in [-0.25, -0.2) is 4.98 Å². The van der Waals surface area contributed by atoms with Gasteiger partial charge in [0.15, 0.2) is 5.82 Å². The number of aromatic nitrogens is 3. The first kappa shape index (κ1) is 12.4. The highest BCUT2D eigenvalue weighted by Crippen LogP contribution is 2.32. The lowest BCUT2D eigenvalue weighted by Gasteiger charge is -2.18. The van der Waals surface area contributed by atoms with Gasteiger partial charge in [-0.3, -0.25) is 5.10 Å². The number of aryl methyl sites for hydroxylation is 2. The van der Waals surface area contributed by atoms with Crippen LogP contribution in [0, 0.1) is 13.8 Å². The van der Waals surface area contributed by atoms with Gasteiger partial charge >= 0.3 is 0 Å². The van der Waals surface area contributed by atoms with Crippen molar-refractivity contribution in [2.24, 2.45) is 0 Å². The van der Waals surface area contributed by atoms with Crippen LogP contribution < -0.4 is 0 Å². The fraction of sp³-hybridized carbons (Fsp3) is 0.500. The fourth-order valence-corrected chi connectivity index (χ4v) is 3.11. The minimum absolute atomic E-state index is 0.583. The molecule has 1 aliphatic carbocycles. The van der Waals surface area contributed by atoms with E-state index in [-0.39, 0.29) is 0 Å². The Morgan fingerprint density at radius 2 is 1.74 bits per heavy atom. The molecule has 3 nitrogen and oxygen atoms in total. The Bertz CT molecular complexity index is 545. The van der Waals surface area contributed by atoms with E-state index in [0.29, 0.717) is 5.92 Å². The van der Waals surface area contributed by atoms with Gasteiger partial charge in [0.1, 0.15) is 5.82 Å². The summed E-state index contributed by atoms with van der Waals surface area (Å²) in [4.78, 5) is 4.76. The van der Waals surface area contributed by atoms with Crippen LogP contribution in [0.15, 0.2) is 18.2 Å². The summed E-state index contributed by atoms with van der Waals surface area (Å²) >= 11 is 0. The lowest BCUT2D eigenvalue weighted by molar-refractivity contribution is 0.429. The predicted molar refractivity (Wildman–Crippen MR) is 77.1 cm³/mol. The van der Waals surface area contributed by atoms with E-state index in [9.17, 15) is 0 Å². The molecular formula is C16H21N3. The van der Waals surface area contributed by atoms with Crippen LogP contribution in [0.1, 0.15) is 55.0 Å². The van der Waals surface area contributed by atoms with Crippen LogP contribution in [-0.4, -0.2) is 15.2 Å². The number of hydrogen-bond donors (Lipinski definition) is 1. The van der Waals surface area contributed by atoms with Crippen LogP contribution in [0.5, 0.6) is 0 Å². The molecule has 2 aromatic rings. The van der Waals surface area contributed by atoms with Crippen molar-refractivity contribution in [3.63, 3.8) is 0 Å². The van der Waals surface area contributed by atoms with Gasteiger partial charge in [-0.15, -0.1) is 0 Å². The standard InChI is InChI=1S/C16H21N3/c1-11-7-6-8-12(2)14(11)16-17-15(18-19-16)13-9-4-3-5-10-13/h6-8,13H,3-5,9-10H2,1-2H3,(H,17,18,19). The summed E-state index contributed by atoms with van der Waals surface area (Å²) < 4.78 is 0. The predicted octanol–water partition coefficient (Wildman–Crippen LogP) is 4.14. The summed E-state index contributed by atoms with van der Waals surface area (Å²) in [7, 11) is 0. The molecule has 0 aliphatic heterocycles. The minimum atomic E-state index is 0.583. The van der Waals surface area contributed by atoms with Gasteiger partial charge in [0.25, 0.3) is 0 Å². The largest absolute Gasteiger partial charge is 0.262 e. The third kappa shape index (κ3) is 2.42. The molecule has 1 N–H and O–H groups in total. The smallest absolute Gasteiger partial charge is 0.181 e. The van der Waals surface area contributed by atoms with Crippen molar-refractivity contribution in [2.45, 2.75) is 51.9 Å². The summed E-state index contributed by atoms with van der Waals surface area (Å²) in [6.45, 7) is 4.25. The molecule has 0 amide bonds. The van der Waals surface area contributed by atoms with Crippen molar-refractivity contribution < 1.29 is 0 Å². The quantitative estimate of drug-likeness (QED) is 0.876. The first-order chi connectivity index (χ1) is 9.25. The van der Waals surface area contributed by atoms with E-state index in [1.807, 2.05) is 0 Å². The lowest BCUT2D eigenvalue weighted by Crippen LogP contribution is -2.06. The van der Waals surface area contributed by atoms with Gasteiger partial charge < -0.3 is 0 Å². The molecule has 1 aliphatic rings. The van der Waals surface area contributed by atoms with E-state index < -0.39 is 0 Å². The average molecular weight is 255 g/mol. The molecule has 0 radical (unpaired) electrons. The van der Waals surface area contributed by atoms with Crippen molar-refractivity contribution in [1.29, 1.82) is 0 Å². The third-order valence-corrected chi connectivity index (χ3v) is 4.20. The van der Waals surface area contributed by atoms with Crippen LogP contribution in [0.3, 0.4) is 0 Å². The summed E-state index contributed by atoms with van der Waals surface area (Å²) in [5.41, 5.74) is 3.67. The molecule has 0 saturated heterocycles. The van der Waals surface area contributed by atoms with E-state index in [4.69, 9.17) is 4.98 Å². The van der Waals surface area contributed by atoms with Gasteiger partial charge in [-0.1, -0.05) is 37.5 Å².